The largest absolute Gasteiger partial charge is 0.481 e. The van der Waals surface area contributed by atoms with Gasteiger partial charge in [-0.15, -0.1) is 0 Å². The van der Waals surface area contributed by atoms with Crippen LogP contribution in [-0.2, 0) is 9.59 Å². The van der Waals surface area contributed by atoms with E-state index in [1.54, 1.807) is 6.92 Å². The van der Waals surface area contributed by atoms with E-state index in [1.807, 2.05) is 0 Å². The van der Waals surface area contributed by atoms with Crippen LogP contribution in [0.2, 0.25) is 0 Å². The number of halogens is 3. The third-order valence-electron chi connectivity index (χ3n) is 2.32. The Labute approximate surface area is 103 Å². The van der Waals surface area contributed by atoms with E-state index in [4.69, 9.17) is 5.11 Å². The molecule has 0 rings (SSSR count). The third-order valence-corrected chi connectivity index (χ3v) is 2.32. The highest BCUT2D eigenvalue weighted by Crippen LogP contribution is 2.27. The summed E-state index contributed by atoms with van der Waals surface area (Å²) in [5, 5.41) is 10.9. The normalized spacial score (nSPS) is 13.4. The number of amides is 1. The van der Waals surface area contributed by atoms with Crippen LogP contribution in [0.25, 0.3) is 0 Å². The summed E-state index contributed by atoms with van der Waals surface area (Å²) in [5.41, 5.74) is 0. The first-order valence-electron chi connectivity index (χ1n) is 5.44. The molecule has 0 bridgehead atoms. The smallest absolute Gasteiger partial charge is 0.403 e. The molecule has 0 aliphatic carbocycles. The number of hydrogen-bond acceptors (Lipinski definition) is 3. The lowest BCUT2D eigenvalue weighted by Gasteiger charge is -2.25. The van der Waals surface area contributed by atoms with Gasteiger partial charge in [0.05, 0.1) is 6.54 Å². The van der Waals surface area contributed by atoms with Gasteiger partial charge in [0.15, 0.2) is 5.92 Å². The van der Waals surface area contributed by atoms with Crippen LogP contribution in [0.1, 0.15) is 13.3 Å². The van der Waals surface area contributed by atoms with Crippen molar-refractivity contribution >= 4 is 11.9 Å². The minimum atomic E-state index is -4.82. The number of nitrogens with one attached hydrogen (secondary N) is 1. The Kier molecular flexibility index (Phi) is 6.67. The zero-order valence-electron chi connectivity index (χ0n) is 10.3. The van der Waals surface area contributed by atoms with Crippen molar-refractivity contribution < 1.29 is 27.9 Å². The maximum atomic E-state index is 12.5. The minimum absolute atomic E-state index is 0.229. The summed E-state index contributed by atoms with van der Waals surface area (Å²) in [5.74, 6) is -4.86. The molecular weight excluding hydrogens is 253 g/mol. The van der Waals surface area contributed by atoms with Gasteiger partial charge in [-0.3, -0.25) is 14.5 Å². The molecule has 1 amide bonds. The Hall–Kier alpha value is -1.31. The van der Waals surface area contributed by atoms with Gasteiger partial charge in [-0.1, -0.05) is 6.92 Å². The molecule has 0 aliphatic heterocycles. The quantitative estimate of drug-likeness (QED) is 0.714. The molecule has 0 saturated heterocycles. The molecular formula is C10H17F3N2O3. The number of nitrogens with zero attached hydrogens (tertiary/aromatic N) is 1. The van der Waals surface area contributed by atoms with Crippen LogP contribution in [0.15, 0.2) is 0 Å². The molecule has 0 heterocycles. The number of aliphatic carboxylic acids is 1. The zero-order valence-corrected chi connectivity index (χ0v) is 10.3. The van der Waals surface area contributed by atoms with Crippen LogP contribution in [0, 0.1) is 5.92 Å². The van der Waals surface area contributed by atoms with Crippen molar-refractivity contribution in [1.82, 2.24) is 10.2 Å². The fraction of sp³-hybridized carbons (Fsp3) is 0.800. The van der Waals surface area contributed by atoms with E-state index in [-0.39, 0.29) is 13.1 Å². The van der Waals surface area contributed by atoms with Crippen LogP contribution >= 0.6 is 0 Å². The number of carboxylic acids is 1. The molecule has 0 saturated carbocycles. The average Bonchev–Trinajstić information content (AvgIpc) is 2.23. The summed E-state index contributed by atoms with van der Waals surface area (Å²) in [6, 6.07) is 0. The maximum Gasteiger partial charge on any atom is 0.403 e. The lowest BCUT2D eigenvalue weighted by atomic mass is 10.1. The van der Waals surface area contributed by atoms with Crippen LogP contribution in [0.5, 0.6) is 0 Å². The van der Waals surface area contributed by atoms with Gasteiger partial charge in [-0.2, -0.15) is 13.2 Å². The third kappa shape index (κ3) is 5.85. The van der Waals surface area contributed by atoms with Crippen molar-refractivity contribution in [3.05, 3.63) is 0 Å². The Bertz CT molecular complexity index is 295. The van der Waals surface area contributed by atoms with Crippen LogP contribution in [0.4, 0.5) is 13.2 Å². The number of alkyl halides is 3. The van der Waals surface area contributed by atoms with Gasteiger partial charge in [-0.25, -0.2) is 0 Å². The summed E-state index contributed by atoms with van der Waals surface area (Å²) in [6.45, 7) is 0.998. The summed E-state index contributed by atoms with van der Waals surface area (Å²) < 4.78 is 37.4. The molecule has 0 spiro atoms. The van der Waals surface area contributed by atoms with Crippen molar-refractivity contribution in [1.29, 1.82) is 0 Å². The van der Waals surface area contributed by atoms with Crippen LogP contribution in [-0.4, -0.2) is 54.7 Å². The first-order valence-corrected chi connectivity index (χ1v) is 5.44. The molecule has 0 aliphatic rings. The Morgan fingerprint density at radius 1 is 1.39 bits per heavy atom. The van der Waals surface area contributed by atoms with E-state index < -0.39 is 30.5 Å². The first-order chi connectivity index (χ1) is 8.22. The van der Waals surface area contributed by atoms with Gasteiger partial charge < -0.3 is 10.4 Å². The van der Waals surface area contributed by atoms with Crippen molar-refractivity contribution in [3.8, 4) is 0 Å². The highest BCUT2D eigenvalue weighted by molar-refractivity contribution is 5.77. The Morgan fingerprint density at radius 2 is 1.94 bits per heavy atom. The molecule has 0 fully saturated rings. The summed E-state index contributed by atoms with van der Waals surface area (Å²) in [4.78, 5) is 22.9. The zero-order chi connectivity index (χ0) is 14.3. The van der Waals surface area contributed by atoms with Gasteiger partial charge >= 0.3 is 12.1 Å². The van der Waals surface area contributed by atoms with Gasteiger partial charge in [-0.05, 0) is 13.0 Å². The van der Waals surface area contributed by atoms with E-state index in [2.05, 4.69) is 5.32 Å². The molecule has 8 heteroatoms. The van der Waals surface area contributed by atoms with E-state index >= 15 is 0 Å². The van der Waals surface area contributed by atoms with Crippen molar-refractivity contribution in [2.24, 2.45) is 5.92 Å². The second-order valence-electron chi connectivity index (χ2n) is 3.84. The number of carbonyl (C=O) groups excluding carboxylic acids is 1. The van der Waals surface area contributed by atoms with E-state index in [0.29, 0.717) is 6.42 Å². The molecule has 1 atom stereocenters. The number of hydrogen-bond donors (Lipinski definition) is 2. The molecule has 1 unspecified atom stereocenters. The molecule has 0 radical (unpaired) electrons. The number of carboxylic acid groups (broad SMARTS) is 1. The van der Waals surface area contributed by atoms with Gasteiger partial charge in [0, 0.05) is 13.6 Å². The number of likely N-dealkylation sites (N-methyl/N-ethyl adjacent to an activating group) is 1. The fourth-order valence-electron chi connectivity index (χ4n) is 1.41. The summed E-state index contributed by atoms with van der Waals surface area (Å²) in [7, 11) is 1.37. The maximum absolute atomic E-state index is 12.5. The van der Waals surface area contributed by atoms with E-state index in [0.717, 1.165) is 0 Å². The lowest BCUT2D eigenvalue weighted by molar-refractivity contribution is -0.196. The molecule has 0 aromatic carbocycles. The van der Waals surface area contributed by atoms with Crippen molar-refractivity contribution in [2.75, 3.05) is 26.7 Å². The lowest BCUT2D eigenvalue weighted by Crippen LogP contribution is -2.45. The molecule has 106 valence electrons. The SMILES string of the molecule is CCCN(CC(=O)NC)CC(C(=O)O)C(F)(F)F. The summed E-state index contributed by atoms with van der Waals surface area (Å²) in [6.07, 6.45) is -4.29. The standard InChI is InChI=1S/C10H17F3N2O3/c1-3-4-15(6-8(16)14-2)5-7(9(17)18)10(11,12)13/h7H,3-6H2,1-2H3,(H,14,16)(H,17,18). The topological polar surface area (TPSA) is 69.6 Å². The van der Waals surface area contributed by atoms with Crippen molar-refractivity contribution in [2.45, 2.75) is 19.5 Å². The molecule has 5 nitrogen and oxygen atoms in total. The van der Waals surface area contributed by atoms with Crippen LogP contribution in [0.3, 0.4) is 0 Å². The summed E-state index contributed by atoms with van der Waals surface area (Å²) >= 11 is 0. The van der Waals surface area contributed by atoms with Crippen LogP contribution < -0.4 is 5.32 Å². The van der Waals surface area contributed by atoms with Crippen molar-refractivity contribution in [3.63, 3.8) is 0 Å². The monoisotopic (exact) mass is 270 g/mol. The highest BCUT2D eigenvalue weighted by Gasteiger charge is 2.45. The number of rotatable bonds is 7. The molecule has 18 heavy (non-hydrogen) atoms. The second-order valence-corrected chi connectivity index (χ2v) is 3.84. The highest BCUT2D eigenvalue weighted by atomic mass is 19.4. The Balaban J connectivity index is 4.71. The fourth-order valence-corrected chi connectivity index (χ4v) is 1.41. The Morgan fingerprint density at radius 3 is 2.28 bits per heavy atom. The number of carbonyl (C=O) groups is 2. The van der Waals surface area contributed by atoms with E-state index in [9.17, 15) is 22.8 Å². The molecule has 0 aromatic rings. The first kappa shape index (κ1) is 16.7. The molecule has 2 N–H and O–H groups in total. The van der Waals surface area contributed by atoms with E-state index in [1.165, 1.54) is 11.9 Å². The van der Waals surface area contributed by atoms with Gasteiger partial charge in [0.25, 0.3) is 0 Å². The van der Waals surface area contributed by atoms with Gasteiger partial charge in [0.1, 0.15) is 0 Å². The van der Waals surface area contributed by atoms with Gasteiger partial charge in [0.2, 0.25) is 5.91 Å². The average molecular weight is 270 g/mol. The minimum Gasteiger partial charge on any atom is -0.481 e. The predicted octanol–water partition coefficient (Wildman–Crippen LogP) is 0.707. The molecule has 0 aromatic heterocycles. The predicted molar refractivity (Wildman–Crippen MR) is 58.0 cm³/mol. The second kappa shape index (κ2) is 7.20.